The number of alkyl halides is 3. The molecule has 0 fully saturated rings. The lowest BCUT2D eigenvalue weighted by molar-refractivity contribution is -0.125. The molecule has 94 valence electrons. The van der Waals surface area contributed by atoms with Gasteiger partial charge >= 0.3 is 13.5 Å². The molecule has 3 N–H and O–H groups in total. The van der Waals surface area contributed by atoms with Crippen molar-refractivity contribution < 1.29 is 27.9 Å². The molecule has 8 heteroatoms. The van der Waals surface area contributed by atoms with Crippen LogP contribution >= 0.6 is 0 Å². The molecule has 0 bridgehead atoms. The van der Waals surface area contributed by atoms with E-state index >= 15 is 0 Å². The summed E-state index contributed by atoms with van der Waals surface area (Å²) in [5, 5.41) is 19.3. The summed E-state index contributed by atoms with van der Waals surface area (Å²) >= 11 is 0. The van der Waals surface area contributed by atoms with Crippen LogP contribution in [0.2, 0.25) is 0 Å². The molecule has 0 aliphatic rings. The van der Waals surface area contributed by atoms with E-state index < -0.39 is 20.0 Å². The van der Waals surface area contributed by atoms with Crippen molar-refractivity contribution in [1.29, 1.82) is 0 Å². The Kier molecular flexibility index (Phi) is 4.79. The summed E-state index contributed by atoms with van der Waals surface area (Å²) in [7, 11) is -1.95. The average molecular weight is 249 g/mol. The minimum Gasteiger partial charge on any atom is -0.512 e. The van der Waals surface area contributed by atoms with Crippen molar-refractivity contribution in [1.82, 2.24) is 5.32 Å². The standard InChI is InChI=1S/C9H11BF3NO3/c11-9(12,13)6-14-5-7-2-1-3-8(4-7)17-10(15)16/h1-4,14-16H,5-6H2. The van der Waals surface area contributed by atoms with Gasteiger partial charge in [0.05, 0.1) is 6.54 Å². The second kappa shape index (κ2) is 5.90. The zero-order chi connectivity index (χ0) is 12.9. The highest BCUT2D eigenvalue weighted by molar-refractivity contribution is 6.33. The van der Waals surface area contributed by atoms with E-state index in [0.717, 1.165) is 0 Å². The third-order valence-corrected chi connectivity index (χ3v) is 1.79. The van der Waals surface area contributed by atoms with Gasteiger partial charge in [0.2, 0.25) is 0 Å². The predicted octanol–water partition coefficient (Wildman–Crippen LogP) is 0.687. The Labute approximate surface area is 96.2 Å². The number of hydrogen-bond acceptors (Lipinski definition) is 4. The first-order valence-corrected chi connectivity index (χ1v) is 4.76. The fraction of sp³-hybridized carbons (Fsp3) is 0.333. The maximum absolute atomic E-state index is 11.9. The molecule has 17 heavy (non-hydrogen) atoms. The van der Waals surface area contributed by atoms with Crippen molar-refractivity contribution in [2.24, 2.45) is 0 Å². The summed E-state index contributed by atoms with van der Waals surface area (Å²) in [5.41, 5.74) is 0.549. The molecule has 0 heterocycles. The number of hydrogen-bond donors (Lipinski definition) is 3. The molecule has 0 saturated heterocycles. The molecule has 1 rings (SSSR count). The molecule has 0 aromatic heterocycles. The molecule has 0 aliphatic heterocycles. The molecule has 0 unspecified atom stereocenters. The monoisotopic (exact) mass is 249 g/mol. The lowest BCUT2D eigenvalue weighted by atomic mass is 10.2. The topological polar surface area (TPSA) is 61.7 Å². The molecule has 0 atom stereocenters. The fourth-order valence-corrected chi connectivity index (χ4v) is 1.20. The van der Waals surface area contributed by atoms with Gasteiger partial charge in [-0.3, -0.25) is 0 Å². The van der Waals surface area contributed by atoms with Crippen LogP contribution in [0.3, 0.4) is 0 Å². The Balaban J connectivity index is 2.48. The minimum atomic E-state index is -4.25. The van der Waals surface area contributed by atoms with Crippen LogP contribution in [0.1, 0.15) is 5.56 Å². The summed E-state index contributed by atoms with van der Waals surface area (Å²) in [6.45, 7) is -1.07. The van der Waals surface area contributed by atoms with Crippen molar-refractivity contribution in [2.75, 3.05) is 6.54 Å². The van der Waals surface area contributed by atoms with Crippen molar-refractivity contribution in [3.05, 3.63) is 29.8 Å². The molecular weight excluding hydrogens is 238 g/mol. The molecule has 0 amide bonds. The highest BCUT2D eigenvalue weighted by Gasteiger charge is 2.26. The molecule has 1 aromatic carbocycles. The van der Waals surface area contributed by atoms with Crippen LogP contribution in [0.4, 0.5) is 13.2 Å². The fourth-order valence-electron chi connectivity index (χ4n) is 1.20. The first kappa shape index (κ1) is 13.8. The normalized spacial score (nSPS) is 11.4. The van der Waals surface area contributed by atoms with E-state index in [1.807, 2.05) is 0 Å². The number of benzene rings is 1. The molecular formula is C9H11BF3NO3. The Morgan fingerprint density at radius 1 is 1.29 bits per heavy atom. The van der Waals surface area contributed by atoms with E-state index in [-0.39, 0.29) is 12.3 Å². The van der Waals surface area contributed by atoms with E-state index in [1.54, 1.807) is 12.1 Å². The van der Waals surface area contributed by atoms with Gasteiger partial charge in [-0.1, -0.05) is 12.1 Å². The first-order valence-electron chi connectivity index (χ1n) is 4.76. The Bertz CT molecular complexity index is 360. The maximum atomic E-state index is 11.9. The summed E-state index contributed by atoms with van der Waals surface area (Å²) in [4.78, 5) is 0. The minimum absolute atomic E-state index is 0.0121. The first-order chi connectivity index (χ1) is 7.87. The van der Waals surface area contributed by atoms with E-state index in [4.69, 9.17) is 10.0 Å². The lowest BCUT2D eigenvalue weighted by Crippen LogP contribution is -2.28. The van der Waals surface area contributed by atoms with Gasteiger partial charge in [-0.2, -0.15) is 13.2 Å². The number of nitrogens with one attached hydrogen (secondary N) is 1. The maximum Gasteiger partial charge on any atom is 0.707 e. The van der Waals surface area contributed by atoms with Gasteiger partial charge in [0.1, 0.15) is 5.75 Å². The van der Waals surface area contributed by atoms with Crippen molar-refractivity contribution in [3.8, 4) is 5.75 Å². The van der Waals surface area contributed by atoms with Crippen LogP contribution in [0.5, 0.6) is 5.75 Å². The number of halogens is 3. The SMILES string of the molecule is OB(O)Oc1cccc(CNCC(F)(F)F)c1. The average Bonchev–Trinajstić information content (AvgIpc) is 2.15. The van der Waals surface area contributed by atoms with E-state index in [9.17, 15) is 13.2 Å². The van der Waals surface area contributed by atoms with Gasteiger partial charge in [0.25, 0.3) is 0 Å². The largest absolute Gasteiger partial charge is 0.707 e. The molecule has 0 spiro atoms. The van der Waals surface area contributed by atoms with Crippen LogP contribution in [-0.4, -0.2) is 30.1 Å². The van der Waals surface area contributed by atoms with Gasteiger partial charge < -0.3 is 20.0 Å². The van der Waals surface area contributed by atoms with E-state index in [1.165, 1.54) is 12.1 Å². The van der Waals surface area contributed by atoms with Gasteiger partial charge in [-0.15, -0.1) is 0 Å². The van der Waals surface area contributed by atoms with Gasteiger partial charge in [0.15, 0.2) is 0 Å². The van der Waals surface area contributed by atoms with Crippen LogP contribution in [-0.2, 0) is 6.54 Å². The predicted molar refractivity (Wildman–Crippen MR) is 55.0 cm³/mol. The van der Waals surface area contributed by atoms with Crippen LogP contribution in [0, 0.1) is 0 Å². The third-order valence-electron chi connectivity index (χ3n) is 1.79. The molecule has 0 saturated carbocycles. The molecule has 0 aliphatic carbocycles. The highest BCUT2D eigenvalue weighted by Crippen LogP contribution is 2.15. The van der Waals surface area contributed by atoms with Gasteiger partial charge in [-0.25, -0.2) is 0 Å². The summed E-state index contributed by atoms with van der Waals surface area (Å²) in [5.74, 6) is 0.173. The molecule has 0 radical (unpaired) electrons. The zero-order valence-electron chi connectivity index (χ0n) is 8.74. The van der Waals surface area contributed by atoms with Crippen LogP contribution < -0.4 is 9.97 Å². The smallest absolute Gasteiger partial charge is 0.512 e. The summed E-state index contributed by atoms with van der Waals surface area (Å²) in [6.07, 6.45) is -4.25. The number of rotatable bonds is 5. The summed E-state index contributed by atoms with van der Waals surface area (Å²) in [6, 6.07) is 6.03. The highest BCUT2D eigenvalue weighted by atomic mass is 19.4. The Hall–Kier alpha value is -1.25. The second-order valence-corrected chi connectivity index (χ2v) is 3.31. The van der Waals surface area contributed by atoms with Gasteiger partial charge in [0, 0.05) is 6.54 Å². The second-order valence-electron chi connectivity index (χ2n) is 3.31. The lowest BCUT2D eigenvalue weighted by Gasteiger charge is -2.09. The zero-order valence-corrected chi connectivity index (χ0v) is 8.74. The van der Waals surface area contributed by atoms with Crippen LogP contribution in [0.25, 0.3) is 0 Å². The van der Waals surface area contributed by atoms with Crippen molar-refractivity contribution in [3.63, 3.8) is 0 Å². The van der Waals surface area contributed by atoms with E-state index in [2.05, 4.69) is 9.97 Å². The van der Waals surface area contributed by atoms with Crippen molar-refractivity contribution >= 4 is 7.32 Å². The molecule has 1 aromatic rings. The summed E-state index contributed by atoms with van der Waals surface area (Å²) < 4.78 is 40.1. The van der Waals surface area contributed by atoms with Gasteiger partial charge in [-0.05, 0) is 17.7 Å². The molecule has 4 nitrogen and oxygen atoms in total. The van der Waals surface area contributed by atoms with Crippen molar-refractivity contribution in [2.45, 2.75) is 12.7 Å². The third kappa shape index (κ3) is 6.15. The Morgan fingerprint density at radius 3 is 2.59 bits per heavy atom. The van der Waals surface area contributed by atoms with E-state index in [0.29, 0.717) is 5.56 Å². The quantitative estimate of drug-likeness (QED) is 0.672. The van der Waals surface area contributed by atoms with Crippen LogP contribution in [0.15, 0.2) is 24.3 Å². The Morgan fingerprint density at radius 2 is 2.00 bits per heavy atom.